The molecule has 0 unspecified atom stereocenters. The maximum atomic E-state index is 12.7. The van der Waals surface area contributed by atoms with Crippen molar-refractivity contribution in [2.45, 2.75) is 32.2 Å². The van der Waals surface area contributed by atoms with E-state index in [0.29, 0.717) is 36.9 Å². The molecule has 9 nitrogen and oxygen atoms in total. The Labute approximate surface area is 192 Å². The number of nitrogens with one attached hydrogen (secondary N) is 3. The molecule has 1 saturated heterocycles. The molecule has 33 heavy (non-hydrogen) atoms. The summed E-state index contributed by atoms with van der Waals surface area (Å²) in [4.78, 5) is 34.4. The number of anilines is 2. The number of ether oxygens (including phenoxy) is 2. The summed E-state index contributed by atoms with van der Waals surface area (Å²) in [5, 5.41) is 6.99. The first kappa shape index (κ1) is 22.4. The van der Waals surface area contributed by atoms with Crippen LogP contribution in [-0.4, -0.2) is 54.8 Å². The van der Waals surface area contributed by atoms with Crippen LogP contribution >= 0.6 is 0 Å². The second kappa shape index (κ2) is 10.2. The van der Waals surface area contributed by atoms with Crippen LogP contribution in [0.1, 0.15) is 25.3 Å². The Morgan fingerprint density at radius 2 is 1.97 bits per heavy atom. The lowest BCUT2D eigenvalue weighted by atomic mass is 10.0. The molecule has 9 heteroatoms. The highest BCUT2D eigenvalue weighted by atomic mass is 16.5. The Morgan fingerprint density at radius 1 is 1.18 bits per heavy atom. The van der Waals surface area contributed by atoms with Crippen molar-refractivity contribution < 1.29 is 19.1 Å². The van der Waals surface area contributed by atoms with Crippen molar-refractivity contribution in [2.75, 3.05) is 37.0 Å². The number of piperidine rings is 1. The van der Waals surface area contributed by atoms with Crippen LogP contribution in [0.5, 0.6) is 5.88 Å². The van der Waals surface area contributed by atoms with Crippen LogP contribution in [0.3, 0.4) is 0 Å². The fraction of sp³-hybridized carbons (Fsp3) is 0.375. The highest BCUT2D eigenvalue weighted by Crippen LogP contribution is 2.29. The van der Waals surface area contributed by atoms with Crippen molar-refractivity contribution in [2.24, 2.45) is 0 Å². The smallest absolute Gasteiger partial charge is 0.411 e. The number of hydrogen-bond donors (Lipinski definition) is 3. The number of rotatable bonds is 7. The van der Waals surface area contributed by atoms with Gasteiger partial charge >= 0.3 is 6.09 Å². The summed E-state index contributed by atoms with van der Waals surface area (Å²) in [6, 6.07) is 11.5. The molecule has 174 valence electrons. The highest BCUT2D eigenvalue weighted by molar-refractivity contribution is 5.89. The quantitative estimate of drug-likeness (QED) is 0.508. The van der Waals surface area contributed by atoms with Gasteiger partial charge < -0.3 is 24.7 Å². The van der Waals surface area contributed by atoms with Gasteiger partial charge in [0.25, 0.3) is 0 Å². The van der Waals surface area contributed by atoms with E-state index in [4.69, 9.17) is 9.47 Å². The van der Waals surface area contributed by atoms with E-state index in [9.17, 15) is 9.59 Å². The van der Waals surface area contributed by atoms with Crippen LogP contribution in [0.2, 0.25) is 0 Å². The van der Waals surface area contributed by atoms with Crippen molar-refractivity contribution in [3.63, 3.8) is 0 Å². The van der Waals surface area contributed by atoms with Crippen molar-refractivity contribution in [3.8, 4) is 5.88 Å². The summed E-state index contributed by atoms with van der Waals surface area (Å²) >= 11 is 0. The Hall–Kier alpha value is -3.75. The van der Waals surface area contributed by atoms with Crippen LogP contribution in [0, 0.1) is 0 Å². The summed E-state index contributed by atoms with van der Waals surface area (Å²) in [6.07, 6.45) is 3.27. The number of amides is 2. The molecule has 1 aromatic carbocycles. The first-order chi connectivity index (χ1) is 16.1. The van der Waals surface area contributed by atoms with E-state index in [1.807, 2.05) is 30.5 Å². The number of pyridine rings is 1. The van der Waals surface area contributed by atoms with Gasteiger partial charge in [0.1, 0.15) is 0 Å². The van der Waals surface area contributed by atoms with Gasteiger partial charge in [-0.2, -0.15) is 4.98 Å². The fourth-order valence-corrected chi connectivity index (χ4v) is 4.13. The molecule has 0 aliphatic carbocycles. The number of aromatic amines is 1. The average Bonchev–Trinajstić information content (AvgIpc) is 3.23. The monoisotopic (exact) mass is 451 g/mol. The molecule has 1 aliphatic heterocycles. The molecule has 4 rings (SSSR count). The predicted molar refractivity (Wildman–Crippen MR) is 127 cm³/mol. The molecule has 3 N–H and O–H groups in total. The summed E-state index contributed by atoms with van der Waals surface area (Å²) in [6.45, 7) is 3.42. The summed E-state index contributed by atoms with van der Waals surface area (Å²) in [7, 11) is 1.56. The van der Waals surface area contributed by atoms with E-state index < -0.39 is 6.09 Å². The van der Waals surface area contributed by atoms with Gasteiger partial charge in [-0.05, 0) is 37.5 Å². The largest absolute Gasteiger partial charge is 0.481 e. The third kappa shape index (κ3) is 5.36. The molecule has 3 aromatic rings. The lowest BCUT2D eigenvalue weighted by Crippen LogP contribution is -2.45. The number of aromatic nitrogens is 2. The molecule has 1 aliphatic rings. The lowest BCUT2D eigenvalue weighted by molar-refractivity contribution is -0.121. The summed E-state index contributed by atoms with van der Waals surface area (Å²) < 4.78 is 10.3. The minimum Gasteiger partial charge on any atom is -0.481 e. The second-order valence-corrected chi connectivity index (χ2v) is 7.94. The molecule has 0 atom stereocenters. The van der Waals surface area contributed by atoms with Gasteiger partial charge in [-0.1, -0.05) is 18.2 Å². The van der Waals surface area contributed by atoms with E-state index in [0.717, 1.165) is 29.3 Å². The van der Waals surface area contributed by atoms with E-state index in [-0.39, 0.29) is 18.6 Å². The van der Waals surface area contributed by atoms with Crippen molar-refractivity contribution in [1.29, 1.82) is 0 Å². The highest BCUT2D eigenvalue weighted by Gasteiger charge is 2.24. The third-order valence-corrected chi connectivity index (χ3v) is 5.76. The molecule has 0 spiro atoms. The number of fused-ring (bicyclic) bond motifs is 1. The molecule has 1 fully saturated rings. The van der Waals surface area contributed by atoms with Gasteiger partial charge in [0, 0.05) is 42.3 Å². The van der Waals surface area contributed by atoms with Gasteiger partial charge in [0.2, 0.25) is 11.8 Å². The lowest BCUT2D eigenvalue weighted by Gasteiger charge is -2.34. The average molecular weight is 452 g/mol. The summed E-state index contributed by atoms with van der Waals surface area (Å²) in [5.74, 6) is 1.11. The molecular weight excluding hydrogens is 422 g/mol. The van der Waals surface area contributed by atoms with Gasteiger partial charge in [0.15, 0.2) is 5.82 Å². The molecule has 2 aromatic heterocycles. The predicted octanol–water partition coefficient (Wildman–Crippen LogP) is 3.47. The van der Waals surface area contributed by atoms with E-state index in [2.05, 4.69) is 25.5 Å². The molecule has 3 heterocycles. The van der Waals surface area contributed by atoms with Crippen molar-refractivity contribution >= 4 is 34.4 Å². The number of carbonyl (C=O) groups excluding carboxylic acids is 2. The Balaban J connectivity index is 1.36. The van der Waals surface area contributed by atoms with Gasteiger partial charge in [-0.15, -0.1) is 0 Å². The maximum absolute atomic E-state index is 12.7. The van der Waals surface area contributed by atoms with Crippen LogP contribution in [0.25, 0.3) is 10.9 Å². The van der Waals surface area contributed by atoms with Gasteiger partial charge in [-0.3, -0.25) is 10.1 Å². The molecule has 0 radical (unpaired) electrons. The first-order valence-electron chi connectivity index (χ1n) is 11.2. The first-order valence-corrected chi connectivity index (χ1v) is 11.2. The fourth-order valence-electron chi connectivity index (χ4n) is 4.13. The normalized spacial score (nSPS) is 14.2. The molecule has 0 saturated carbocycles. The van der Waals surface area contributed by atoms with Gasteiger partial charge in [0.05, 0.1) is 25.8 Å². The van der Waals surface area contributed by atoms with Crippen LogP contribution in [0.15, 0.2) is 42.6 Å². The number of carbonyl (C=O) groups is 2. The van der Waals surface area contributed by atoms with Gasteiger partial charge in [-0.25, -0.2) is 4.79 Å². The SMILES string of the molecule is CCOC(=O)Nc1ccc(OC)nc1N1CCC(NC(=O)Cc2c[nH]c3ccccc23)CC1. The number of benzene rings is 1. The van der Waals surface area contributed by atoms with E-state index in [1.54, 1.807) is 26.2 Å². The summed E-state index contributed by atoms with van der Waals surface area (Å²) in [5.41, 5.74) is 2.60. The Kier molecular flexibility index (Phi) is 6.97. The van der Waals surface area contributed by atoms with Crippen LogP contribution in [0.4, 0.5) is 16.3 Å². The Morgan fingerprint density at radius 3 is 2.73 bits per heavy atom. The zero-order valence-electron chi connectivity index (χ0n) is 18.9. The maximum Gasteiger partial charge on any atom is 0.411 e. The second-order valence-electron chi connectivity index (χ2n) is 7.94. The van der Waals surface area contributed by atoms with Crippen molar-refractivity contribution in [1.82, 2.24) is 15.3 Å². The number of methoxy groups -OCH3 is 1. The molecule has 0 bridgehead atoms. The number of para-hydroxylation sites is 1. The number of H-pyrrole nitrogens is 1. The van der Waals surface area contributed by atoms with Crippen LogP contribution in [-0.2, 0) is 16.0 Å². The molecular formula is C24H29N5O4. The molecule has 2 amide bonds. The minimum atomic E-state index is -0.523. The zero-order chi connectivity index (χ0) is 23.2. The van der Waals surface area contributed by atoms with E-state index in [1.165, 1.54) is 0 Å². The topological polar surface area (TPSA) is 109 Å². The Bertz CT molecular complexity index is 1120. The minimum absolute atomic E-state index is 0.0161. The third-order valence-electron chi connectivity index (χ3n) is 5.76. The number of nitrogens with zero attached hydrogens (tertiary/aromatic N) is 2. The zero-order valence-corrected chi connectivity index (χ0v) is 18.9. The van der Waals surface area contributed by atoms with E-state index >= 15 is 0 Å². The van der Waals surface area contributed by atoms with Crippen LogP contribution < -0.4 is 20.3 Å². The number of hydrogen-bond acceptors (Lipinski definition) is 6. The van der Waals surface area contributed by atoms with Crippen molar-refractivity contribution in [3.05, 3.63) is 48.2 Å². The standard InChI is InChI=1S/C24H29N5O4/c1-3-33-24(31)27-20-8-9-22(32-2)28-23(20)29-12-10-17(11-13-29)26-21(30)14-16-15-25-19-7-5-4-6-18(16)19/h4-9,15,17,25H,3,10-14H2,1-2H3,(H,26,30)(H,27,31).